The van der Waals surface area contributed by atoms with Crippen LogP contribution in [0.3, 0.4) is 0 Å². The minimum atomic E-state index is 0.623. The molecular weight excluding hydrogens is 599 g/mol. The van der Waals surface area contributed by atoms with Crippen LogP contribution in [0.25, 0.3) is 89.5 Å². The van der Waals surface area contributed by atoms with Gasteiger partial charge in [-0.05, 0) is 52.1 Å². The van der Waals surface area contributed by atoms with Gasteiger partial charge in [-0.3, -0.25) is 0 Å². The Hall–Kier alpha value is -6.65. The molecule has 230 valence electrons. The van der Waals surface area contributed by atoms with Gasteiger partial charge in [0.2, 0.25) is 0 Å². The standard InChI is InChI=1S/C45H29N3O/c1-5-15-30(16-6-1)35-28-38(31-17-7-2-8-18-31)42-40(29-35)39-27-34(25-26-41(39)49-42)36-23-13-14-24-37(36)45-47-43(32-19-9-3-10-20-32)46-44(48-45)33-21-11-4-12-22-33/h1-29H. The maximum absolute atomic E-state index is 6.63. The second kappa shape index (κ2) is 12.2. The number of fused-ring (bicyclic) bond motifs is 3. The largest absolute Gasteiger partial charge is 0.455 e. The molecule has 4 heteroatoms. The molecule has 0 N–H and O–H groups in total. The summed E-state index contributed by atoms with van der Waals surface area (Å²) in [6.45, 7) is 0. The van der Waals surface area contributed by atoms with Gasteiger partial charge in [0.05, 0.1) is 0 Å². The quantitative estimate of drug-likeness (QED) is 0.184. The van der Waals surface area contributed by atoms with Crippen molar-refractivity contribution >= 4 is 21.9 Å². The Morgan fingerprint density at radius 2 is 0.796 bits per heavy atom. The number of nitrogens with zero attached hydrogens (tertiary/aromatic N) is 3. The number of rotatable bonds is 6. The first-order valence-electron chi connectivity index (χ1n) is 16.4. The zero-order valence-electron chi connectivity index (χ0n) is 26.5. The lowest BCUT2D eigenvalue weighted by Crippen LogP contribution is -2.01. The summed E-state index contributed by atoms with van der Waals surface area (Å²) in [5.74, 6) is 1.90. The topological polar surface area (TPSA) is 51.8 Å². The van der Waals surface area contributed by atoms with Crippen molar-refractivity contribution in [3.8, 4) is 67.5 Å². The van der Waals surface area contributed by atoms with Crippen molar-refractivity contribution in [2.24, 2.45) is 0 Å². The van der Waals surface area contributed by atoms with E-state index in [1.807, 2.05) is 72.8 Å². The smallest absolute Gasteiger partial charge is 0.164 e. The molecule has 0 spiro atoms. The van der Waals surface area contributed by atoms with Gasteiger partial charge in [-0.25, -0.2) is 15.0 Å². The Kier molecular flexibility index (Phi) is 7.10. The molecule has 0 bridgehead atoms. The van der Waals surface area contributed by atoms with E-state index in [-0.39, 0.29) is 0 Å². The van der Waals surface area contributed by atoms with Gasteiger partial charge < -0.3 is 4.42 Å². The molecule has 0 aliphatic heterocycles. The Bertz CT molecular complexity index is 2520. The fourth-order valence-corrected chi connectivity index (χ4v) is 6.53. The molecule has 9 aromatic rings. The van der Waals surface area contributed by atoms with Crippen LogP contribution in [0.4, 0.5) is 0 Å². The molecule has 0 saturated heterocycles. The first-order chi connectivity index (χ1) is 24.3. The molecule has 9 rings (SSSR count). The maximum Gasteiger partial charge on any atom is 0.164 e. The van der Waals surface area contributed by atoms with E-state index in [4.69, 9.17) is 19.4 Å². The fraction of sp³-hybridized carbons (Fsp3) is 0. The molecule has 0 aliphatic rings. The van der Waals surface area contributed by atoms with Gasteiger partial charge in [0.1, 0.15) is 11.2 Å². The van der Waals surface area contributed by atoms with Crippen molar-refractivity contribution in [2.75, 3.05) is 0 Å². The zero-order valence-corrected chi connectivity index (χ0v) is 26.5. The first-order valence-corrected chi connectivity index (χ1v) is 16.4. The molecule has 2 heterocycles. The predicted molar refractivity (Wildman–Crippen MR) is 200 cm³/mol. The summed E-state index contributed by atoms with van der Waals surface area (Å²) in [6, 6.07) is 60.4. The van der Waals surface area contributed by atoms with Gasteiger partial charge in [-0.2, -0.15) is 0 Å². The molecule has 0 atom stereocenters. The number of aromatic nitrogens is 3. The van der Waals surface area contributed by atoms with Crippen LogP contribution in [0.15, 0.2) is 180 Å². The molecule has 4 nitrogen and oxygen atoms in total. The highest BCUT2D eigenvalue weighted by Crippen LogP contribution is 2.42. The lowest BCUT2D eigenvalue weighted by molar-refractivity contribution is 0.670. The van der Waals surface area contributed by atoms with Crippen LogP contribution in [0.2, 0.25) is 0 Å². The van der Waals surface area contributed by atoms with E-state index < -0.39 is 0 Å². The molecule has 2 aromatic heterocycles. The van der Waals surface area contributed by atoms with Crippen LogP contribution < -0.4 is 0 Å². The van der Waals surface area contributed by atoms with Gasteiger partial charge >= 0.3 is 0 Å². The monoisotopic (exact) mass is 627 g/mol. The number of benzene rings is 7. The minimum absolute atomic E-state index is 0.623. The molecule has 7 aromatic carbocycles. The lowest BCUT2D eigenvalue weighted by atomic mass is 9.94. The highest BCUT2D eigenvalue weighted by Gasteiger charge is 2.19. The third-order valence-corrected chi connectivity index (χ3v) is 8.94. The summed E-state index contributed by atoms with van der Waals surface area (Å²) in [6.07, 6.45) is 0. The third kappa shape index (κ3) is 5.35. The van der Waals surface area contributed by atoms with Crippen LogP contribution in [-0.2, 0) is 0 Å². The molecule has 49 heavy (non-hydrogen) atoms. The SMILES string of the molecule is c1ccc(-c2cc(-c3ccccc3)c3oc4ccc(-c5ccccc5-c5nc(-c6ccccc6)nc(-c6ccccc6)n5)cc4c3c2)cc1. The molecule has 0 fully saturated rings. The van der Waals surface area contributed by atoms with Crippen molar-refractivity contribution in [3.63, 3.8) is 0 Å². The van der Waals surface area contributed by atoms with Crippen molar-refractivity contribution in [1.82, 2.24) is 15.0 Å². The second-order valence-electron chi connectivity index (χ2n) is 12.0. The number of hydrogen-bond donors (Lipinski definition) is 0. The van der Waals surface area contributed by atoms with Crippen molar-refractivity contribution in [2.45, 2.75) is 0 Å². The lowest BCUT2D eigenvalue weighted by Gasteiger charge is -2.12. The van der Waals surface area contributed by atoms with E-state index in [1.165, 1.54) is 0 Å². The molecule has 0 saturated carbocycles. The van der Waals surface area contributed by atoms with Gasteiger partial charge in [0, 0.05) is 33.0 Å². The predicted octanol–water partition coefficient (Wildman–Crippen LogP) is 11.8. The summed E-state index contributed by atoms with van der Waals surface area (Å²) in [4.78, 5) is 15.0. The molecular formula is C45H29N3O. The van der Waals surface area contributed by atoms with Gasteiger partial charge in [-0.15, -0.1) is 0 Å². The maximum atomic E-state index is 6.63. The molecule has 0 amide bonds. The summed E-state index contributed by atoms with van der Waals surface area (Å²) in [7, 11) is 0. The first kappa shape index (κ1) is 28.6. The third-order valence-electron chi connectivity index (χ3n) is 8.94. The van der Waals surface area contributed by atoms with Crippen LogP contribution >= 0.6 is 0 Å². The minimum Gasteiger partial charge on any atom is -0.455 e. The highest BCUT2D eigenvalue weighted by atomic mass is 16.3. The summed E-state index contributed by atoms with van der Waals surface area (Å²) in [5.41, 5.74) is 11.1. The van der Waals surface area contributed by atoms with Crippen molar-refractivity contribution in [3.05, 3.63) is 176 Å². The van der Waals surface area contributed by atoms with Crippen molar-refractivity contribution < 1.29 is 4.42 Å². The summed E-state index contributed by atoms with van der Waals surface area (Å²) < 4.78 is 6.63. The molecule has 0 radical (unpaired) electrons. The normalized spacial score (nSPS) is 11.3. The number of furan rings is 1. The van der Waals surface area contributed by atoms with Gasteiger partial charge in [-0.1, -0.05) is 152 Å². The van der Waals surface area contributed by atoms with Crippen molar-refractivity contribution in [1.29, 1.82) is 0 Å². The van der Waals surface area contributed by atoms with Gasteiger partial charge in [0.15, 0.2) is 17.5 Å². The second-order valence-corrected chi connectivity index (χ2v) is 12.0. The van der Waals surface area contributed by atoms with Crippen LogP contribution in [0, 0.1) is 0 Å². The van der Waals surface area contributed by atoms with Crippen LogP contribution in [-0.4, -0.2) is 15.0 Å². The molecule has 0 unspecified atom stereocenters. The van der Waals surface area contributed by atoms with E-state index in [9.17, 15) is 0 Å². The van der Waals surface area contributed by atoms with Gasteiger partial charge in [0.25, 0.3) is 0 Å². The van der Waals surface area contributed by atoms with E-state index in [0.29, 0.717) is 17.5 Å². The zero-order chi connectivity index (χ0) is 32.6. The summed E-state index contributed by atoms with van der Waals surface area (Å²) in [5, 5.41) is 2.13. The van der Waals surface area contributed by atoms with Crippen LogP contribution in [0.5, 0.6) is 0 Å². The molecule has 0 aliphatic carbocycles. The van der Waals surface area contributed by atoms with E-state index in [2.05, 4.69) is 103 Å². The number of hydrogen-bond acceptors (Lipinski definition) is 4. The average molecular weight is 628 g/mol. The van der Waals surface area contributed by atoms with Crippen LogP contribution in [0.1, 0.15) is 0 Å². The highest BCUT2D eigenvalue weighted by molar-refractivity contribution is 6.12. The van der Waals surface area contributed by atoms with E-state index in [1.54, 1.807) is 0 Å². The fourth-order valence-electron chi connectivity index (χ4n) is 6.53. The van der Waals surface area contributed by atoms with E-state index in [0.717, 1.165) is 72.0 Å². The Morgan fingerprint density at radius 3 is 1.41 bits per heavy atom. The van der Waals surface area contributed by atoms with E-state index >= 15 is 0 Å². The Balaban J connectivity index is 1.24. The Labute approximate surface area is 284 Å². The summed E-state index contributed by atoms with van der Waals surface area (Å²) >= 11 is 0. The Morgan fingerprint density at radius 1 is 0.306 bits per heavy atom. The average Bonchev–Trinajstić information content (AvgIpc) is 3.56.